The first-order valence-corrected chi connectivity index (χ1v) is 20.7. The van der Waals surface area contributed by atoms with E-state index in [1.807, 2.05) is 11.3 Å². The van der Waals surface area contributed by atoms with Crippen molar-refractivity contribution in [3.8, 4) is 78.4 Å². The van der Waals surface area contributed by atoms with Crippen LogP contribution in [-0.4, -0.2) is 9.97 Å². The fraction of sp³-hybridized carbons (Fsp3) is 0.0545. The molecule has 3 heteroatoms. The standard InChI is InChI=1S/C55H38N2S/c1-55(2)48-33-39(31-32-42(48)45-23-13-22-41(52(45)55)37-17-7-4-8-18-37)54-56-49(34-50(57-54)47-25-14-24-46-44-21-11-12-26-51(44)58-53(46)47)43-20-10-9-19-40(43)38-29-27-36(28-30-38)35-15-5-3-6-16-35/h3-34H,1-2H3. The van der Waals surface area contributed by atoms with Crippen molar-refractivity contribution < 1.29 is 0 Å². The summed E-state index contributed by atoms with van der Waals surface area (Å²) in [4.78, 5) is 10.9. The molecule has 58 heavy (non-hydrogen) atoms. The zero-order valence-electron chi connectivity index (χ0n) is 32.3. The Morgan fingerprint density at radius 3 is 1.71 bits per heavy atom. The average Bonchev–Trinajstić information content (AvgIpc) is 3.78. The topological polar surface area (TPSA) is 25.8 Å². The maximum atomic E-state index is 5.45. The van der Waals surface area contributed by atoms with Crippen LogP contribution in [0, 0.1) is 0 Å². The number of benzene rings is 8. The first-order chi connectivity index (χ1) is 28.5. The highest BCUT2D eigenvalue weighted by molar-refractivity contribution is 7.26. The number of hydrogen-bond acceptors (Lipinski definition) is 3. The summed E-state index contributed by atoms with van der Waals surface area (Å²) in [7, 11) is 0. The average molecular weight is 759 g/mol. The maximum Gasteiger partial charge on any atom is 0.160 e. The van der Waals surface area contributed by atoms with Gasteiger partial charge in [0.1, 0.15) is 0 Å². The van der Waals surface area contributed by atoms with Gasteiger partial charge in [-0.05, 0) is 73.8 Å². The van der Waals surface area contributed by atoms with Gasteiger partial charge < -0.3 is 0 Å². The van der Waals surface area contributed by atoms with Crippen LogP contribution in [0.2, 0.25) is 0 Å². The predicted octanol–water partition coefficient (Wildman–Crippen LogP) is 15.2. The Bertz CT molecular complexity index is 3180. The van der Waals surface area contributed by atoms with Crippen LogP contribution < -0.4 is 0 Å². The molecule has 0 unspecified atom stereocenters. The van der Waals surface area contributed by atoms with Crippen LogP contribution in [-0.2, 0) is 5.41 Å². The highest BCUT2D eigenvalue weighted by Crippen LogP contribution is 2.53. The molecule has 10 aromatic rings. The van der Waals surface area contributed by atoms with Gasteiger partial charge in [-0.15, -0.1) is 11.3 Å². The van der Waals surface area contributed by atoms with Crippen molar-refractivity contribution in [1.82, 2.24) is 9.97 Å². The lowest BCUT2D eigenvalue weighted by atomic mass is 9.78. The van der Waals surface area contributed by atoms with Gasteiger partial charge in [0, 0.05) is 42.3 Å². The highest BCUT2D eigenvalue weighted by atomic mass is 32.1. The molecule has 2 heterocycles. The van der Waals surface area contributed by atoms with Gasteiger partial charge in [0.15, 0.2) is 5.82 Å². The quantitative estimate of drug-likeness (QED) is 0.169. The molecule has 11 rings (SSSR count). The molecule has 0 bridgehead atoms. The van der Waals surface area contributed by atoms with E-state index in [2.05, 4.69) is 208 Å². The lowest BCUT2D eigenvalue weighted by Gasteiger charge is -2.25. The minimum Gasteiger partial charge on any atom is -0.228 e. The van der Waals surface area contributed by atoms with Crippen molar-refractivity contribution in [2.45, 2.75) is 19.3 Å². The first-order valence-electron chi connectivity index (χ1n) is 19.9. The molecule has 0 atom stereocenters. The van der Waals surface area contributed by atoms with E-state index in [1.165, 1.54) is 64.7 Å². The normalized spacial score (nSPS) is 12.8. The Kier molecular flexibility index (Phi) is 8.06. The summed E-state index contributed by atoms with van der Waals surface area (Å²) in [6.07, 6.45) is 0. The van der Waals surface area contributed by atoms with E-state index in [-0.39, 0.29) is 5.41 Å². The van der Waals surface area contributed by atoms with Gasteiger partial charge in [-0.2, -0.15) is 0 Å². The molecule has 2 nitrogen and oxygen atoms in total. The summed E-state index contributed by atoms with van der Waals surface area (Å²) in [6, 6.07) is 70.0. The van der Waals surface area contributed by atoms with Gasteiger partial charge in [0.2, 0.25) is 0 Å². The van der Waals surface area contributed by atoms with Crippen LogP contribution >= 0.6 is 11.3 Å². The monoisotopic (exact) mass is 758 g/mol. The van der Waals surface area contributed by atoms with Crippen LogP contribution in [0.4, 0.5) is 0 Å². The smallest absolute Gasteiger partial charge is 0.160 e. The van der Waals surface area contributed by atoms with E-state index < -0.39 is 0 Å². The highest BCUT2D eigenvalue weighted by Gasteiger charge is 2.38. The predicted molar refractivity (Wildman–Crippen MR) is 245 cm³/mol. The molecule has 0 saturated heterocycles. The summed E-state index contributed by atoms with van der Waals surface area (Å²) in [6.45, 7) is 4.72. The van der Waals surface area contributed by atoms with Crippen LogP contribution in [0.1, 0.15) is 25.0 Å². The summed E-state index contributed by atoms with van der Waals surface area (Å²) in [5.74, 6) is 0.720. The third kappa shape index (κ3) is 5.62. The lowest BCUT2D eigenvalue weighted by molar-refractivity contribution is 0.662. The summed E-state index contributed by atoms with van der Waals surface area (Å²) in [5, 5.41) is 2.53. The number of nitrogens with zero attached hydrogens (tertiary/aromatic N) is 2. The number of rotatable bonds is 6. The Hall–Kier alpha value is -6.94. The molecule has 8 aromatic carbocycles. The lowest BCUT2D eigenvalue weighted by Crippen LogP contribution is -2.16. The molecule has 0 amide bonds. The Labute approximate surface area is 342 Å². The van der Waals surface area contributed by atoms with Crippen LogP contribution in [0.3, 0.4) is 0 Å². The van der Waals surface area contributed by atoms with Gasteiger partial charge in [0.25, 0.3) is 0 Å². The van der Waals surface area contributed by atoms with E-state index >= 15 is 0 Å². The Morgan fingerprint density at radius 2 is 0.914 bits per heavy atom. The van der Waals surface area contributed by atoms with Crippen LogP contribution in [0.25, 0.3) is 98.6 Å². The molecule has 0 radical (unpaired) electrons. The Balaban J connectivity index is 1.09. The number of aromatic nitrogens is 2. The fourth-order valence-corrected chi connectivity index (χ4v) is 10.3. The number of fused-ring (bicyclic) bond motifs is 6. The number of thiophene rings is 1. The maximum absolute atomic E-state index is 5.45. The molecule has 1 aliphatic carbocycles. The Morgan fingerprint density at radius 1 is 0.379 bits per heavy atom. The van der Waals surface area contributed by atoms with Crippen molar-refractivity contribution >= 4 is 31.5 Å². The molecule has 0 fully saturated rings. The zero-order chi connectivity index (χ0) is 38.8. The molecular formula is C55H38N2S. The van der Waals surface area contributed by atoms with E-state index in [0.717, 1.165) is 45.0 Å². The first kappa shape index (κ1) is 34.3. The molecule has 0 aliphatic heterocycles. The van der Waals surface area contributed by atoms with Gasteiger partial charge in [-0.1, -0.05) is 190 Å². The van der Waals surface area contributed by atoms with E-state index in [0.29, 0.717) is 0 Å². The van der Waals surface area contributed by atoms with Crippen molar-refractivity contribution in [1.29, 1.82) is 0 Å². The third-order valence-electron chi connectivity index (χ3n) is 11.9. The minimum atomic E-state index is -0.227. The molecule has 2 aromatic heterocycles. The zero-order valence-corrected chi connectivity index (χ0v) is 33.1. The molecule has 1 aliphatic rings. The van der Waals surface area contributed by atoms with Crippen molar-refractivity contribution in [2.24, 2.45) is 0 Å². The van der Waals surface area contributed by atoms with Gasteiger partial charge in [-0.3, -0.25) is 0 Å². The van der Waals surface area contributed by atoms with E-state index in [4.69, 9.17) is 9.97 Å². The minimum absolute atomic E-state index is 0.227. The SMILES string of the molecule is CC1(C)c2cc(-c3nc(-c4ccccc4-c4ccc(-c5ccccc5)cc4)cc(-c4cccc5c4sc4ccccc45)n3)ccc2-c2cccc(-c3ccccc3)c21. The van der Waals surface area contributed by atoms with Gasteiger partial charge in [-0.25, -0.2) is 9.97 Å². The summed E-state index contributed by atoms with van der Waals surface area (Å²) < 4.78 is 2.52. The second-order valence-corrected chi connectivity index (χ2v) is 16.8. The summed E-state index contributed by atoms with van der Waals surface area (Å²) in [5.41, 5.74) is 17.2. The fourth-order valence-electron chi connectivity index (χ4n) is 9.11. The van der Waals surface area contributed by atoms with Crippen molar-refractivity contribution in [3.05, 3.63) is 205 Å². The second kappa shape index (κ2) is 13.6. The van der Waals surface area contributed by atoms with E-state index in [9.17, 15) is 0 Å². The van der Waals surface area contributed by atoms with Crippen molar-refractivity contribution in [3.63, 3.8) is 0 Å². The van der Waals surface area contributed by atoms with E-state index in [1.54, 1.807) is 0 Å². The molecule has 0 saturated carbocycles. The molecule has 274 valence electrons. The van der Waals surface area contributed by atoms with Crippen LogP contribution in [0.15, 0.2) is 194 Å². The molecule has 0 spiro atoms. The summed E-state index contributed by atoms with van der Waals surface area (Å²) >= 11 is 1.83. The van der Waals surface area contributed by atoms with Crippen molar-refractivity contribution in [2.75, 3.05) is 0 Å². The van der Waals surface area contributed by atoms with Crippen LogP contribution in [0.5, 0.6) is 0 Å². The largest absolute Gasteiger partial charge is 0.228 e. The van der Waals surface area contributed by atoms with Gasteiger partial charge in [0.05, 0.1) is 11.4 Å². The number of hydrogen-bond donors (Lipinski definition) is 0. The molecule has 0 N–H and O–H groups in total. The third-order valence-corrected chi connectivity index (χ3v) is 13.1. The second-order valence-electron chi connectivity index (χ2n) is 15.7. The van der Waals surface area contributed by atoms with Gasteiger partial charge >= 0.3 is 0 Å². The molecular weight excluding hydrogens is 721 g/mol.